The zero-order valence-electron chi connectivity index (χ0n) is 21.0. The summed E-state index contributed by atoms with van der Waals surface area (Å²) in [5, 5.41) is 0.114. The van der Waals surface area contributed by atoms with Crippen molar-refractivity contribution in [3.8, 4) is 0 Å². The van der Waals surface area contributed by atoms with Crippen LogP contribution in [0.3, 0.4) is 0 Å². The Morgan fingerprint density at radius 2 is 1.54 bits per heavy atom. The van der Waals surface area contributed by atoms with Crippen molar-refractivity contribution in [1.29, 1.82) is 0 Å². The van der Waals surface area contributed by atoms with Gasteiger partial charge in [0.05, 0.1) is 51.2 Å². The third-order valence-corrected chi connectivity index (χ3v) is 6.62. The number of aromatic nitrogens is 8. The van der Waals surface area contributed by atoms with E-state index in [0.29, 0.717) is 50.0 Å². The van der Waals surface area contributed by atoms with E-state index in [0.717, 1.165) is 28.8 Å². The summed E-state index contributed by atoms with van der Waals surface area (Å²) in [7, 11) is 0. The number of imidazole rings is 2. The Morgan fingerprint density at radius 1 is 0.923 bits per heavy atom. The summed E-state index contributed by atoms with van der Waals surface area (Å²) in [5.74, 6) is 1.24. The molecule has 0 amide bonds. The van der Waals surface area contributed by atoms with Crippen LogP contribution in [0.5, 0.6) is 0 Å². The number of halogens is 5. The van der Waals surface area contributed by atoms with E-state index in [-0.39, 0.29) is 28.3 Å². The maximum Gasteiger partial charge on any atom is 0.406 e. The number of hydrogen-bond acceptors (Lipinski definition) is 10. The first-order chi connectivity index (χ1) is 18.6. The predicted octanol–water partition coefficient (Wildman–Crippen LogP) is 3.50. The van der Waals surface area contributed by atoms with Gasteiger partial charge in [-0.05, 0) is 37.0 Å². The molecule has 0 radical (unpaired) electrons. The third-order valence-electron chi connectivity index (χ3n) is 6.29. The van der Waals surface area contributed by atoms with Crippen LogP contribution in [0.25, 0.3) is 22.3 Å². The molecule has 2 atom stereocenters. The number of rotatable bonds is 3. The second-order valence-corrected chi connectivity index (χ2v) is 9.80. The number of hydrogen-bond donors (Lipinski definition) is 1. The second-order valence-electron chi connectivity index (χ2n) is 9.13. The number of morpholine rings is 2. The molecule has 4 aromatic rings. The van der Waals surface area contributed by atoms with Crippen LogP contribution >= 0.6 is 23.2 Å². The molecule has 2 fully saturated rings. The highest BCUT2D eigenvalue weighted by Crippen LogP contribution is 2.29. The number of fused-ring (bicyclic) bond motifs is 2. The van der Waals surface area contributed by atoms with Crippen molar-refractivity contribution in [2.75, 3.05) is 49.3 Å². The quantitative estimate of drug-likeness (QED) is 0.356. The van der Waals surface area contributed by atoms with Gasteiger partial charge in [-0.3, -0.25) is 0 Å². The molecule has 1 N–H and O–H groups in total. The highest BCUT2D eigenvalue weighted by Gasteiger charge is 2.31. The minimum absolute atomic E-state index is 0.0238. The van der Waals surface area contributed by atoms with Crippen LogP contribution in [0.4, 0.5) is 24.8 Å². The van der Waals surface area contributed by atoms with E-state index in [2.05, 4.69) is 46.7 Å². The Labute approximate surface area is 230 Å². The van der Waals surface area contributed by atoms with Gasteiger partial charge in [-0.1, -0.05) is 0 Å². The lowest BCUT2D eigenvalue weighted by Gasteiger charge is -2.34. The average Bonchev–Trinajstić information content (AvgIpc) is 3.50. The van der Waals surface area contributed by atoms with Crippen LogP contribution in [-0.2, 0) is 16.0 Å². The highest BCUT2D eigenvalue weighted by atomic mass is 35.5. The normalized spacial score (nSPS) is 20.4. The van der Waals surface area contributed by atoms with Crippen LogP contribution in [0.15, 0.2) is 12.7 Å². The maximum atomic E-state index is 12.6. The molecule has 6 rings (SSSR count). The fourth-order valence-corrected chi connectivity index (χ4v) is 4.82. The number of nitrogens with one attached hydrogen (secondary N) is 1. The zero-order chi connectivity index (χ0) is 27.7. The van der Waals surface area contributed by atoms with E-state index in [9.17, 15) is 13.2 Å². The summed E-state index contributed by atoms with van der Waals surface area (Å²) < 4.78 is 49.5. The molecule has 6 heterocycles. The van der Waals surface area contributed by atoms with E-state index < -0.39 is 12.7 Å². The number of H-pyrrole nitrogens is 1. The lowest BCUT2D eigenvalue weighted by Crippen LogP contribution is -2.44. The van der Waals surface area contributed by atoms with Gasteiger partial charge >= 0.3 is 6.18 Å². The summed E-state index contributed by atoms with van der Waals surface area (Å²) >= 11 is 11.8. The number of ether oxygens (including phenoxy) is 2. The van der Waals surface area contributed by atoms with Crippen LogP contribution in [0.2, 0.25) is 10.6 Å². The molecular weight excluding hydrogens is 564 g/mol. The molecule has 4 aromatic heterocycles. The molecule has 0 aromatic carbocycles. The molecule has 0 aliphatic carbocycles. The molecule has 17 heteroatoms. The van der Waals surface area contributed by atoms with Crippen molar-refractivity contribution in [1.82, 2.24) is 39.5 Å². The number of alkyl halides is 3. The fraction of sp³-hybridized carbons (Fsp3) is 0.545. The van der Waals surface area contributed by atoms with E-state index in [1.54, 1.807) is 6.33 Å². The van der Waals surface area contributed by atoms with Gasteiger partial charge in [0.15, 0.2) is 28.4 Å². The third kappa shape index (κ3) is 6.10. The molecule has 2 aliphatic heterocycles. The van der Waals surface area contributed by atoms with Crippen molar-refractivity contribution in [2.45, 2.75) is 38.7 Å². The predicted molar refractivity (Wildman–Crippen MR) is 138 cm³/mol. The van der Waals surface area contributed by atoms with Crippen molar-refractivity contribution < 1.29 is 22.6 Å². The first-order valence-electron chi connectivity index (χ1n) is 12.1. The Bertz CT molecular complexity index is 1450. The maximum absolute atomic E-state index is 12.6. The lowest BCUT2D eigenvalue weighted by atomic mass is 10.2. The summed E-state index contributed by atoms with van der Waals surface area (Å²) in [6.45, 7) is 6.63. The van der Waals surface area contributed by atoms with E-state index in [1.807, 2.05) is 11.8 Å². The zero-order valence-corrected chi connectivity index (χ0v) is 22.5. The van der Waals surface area contributed by atoms with Gasteiger partial charge in [0, 0.05) is 13.1 Å². The van der Waals surface area contributed by atoms with Crippen LogP contribution in [0.1, 0.15) is 13.8 Å². The molecule has 0 spiro atoms. The number of anilines is 2. The first kappa shape index (κ1) is 27.6. The smallest absolute Gasteiger partial charge is 0.377 e. The molecule has 2 aliphatic rings. The Hall–Kier alpha value is -3.01. The molecule has 0 bridgehead atoms. The monoisotopic (exact) mass is 588 g/mol. The molecule has 39 heavy (non-hydrogen) atoms. The summed E-state index contributed by atoms with van der Waals surface area (Å²) in [6, 6.07) is 0.289. The lowest BCUT2D eigenvalue weighted by molar-refractivity contribution is -0.140. The van der Waals surface area contributed by atoms with Crippen LogP contribution in [0, 0.1) is 0 Å². The Morgan fingerprint density at radius 3 is 2.18 bits per heavy atom. The van der Waals surface area contributed by atoms with Gasteiger partial charge in [-0.15, -0.1) is 0 Å². The van der Waals surface area contributed by atoms with Crippen LogP contribution in [-0.4, -0.2) is 97.2 Å². The molecular formula is C22H25Cl2F3N10O2. The minimum Gasteiger partial charge on any atom is -0.377 e. The average molecular weight is 589 g/mol. The topological polar surface area (TPSA) is 123 Å². The van der Waals surface area contributed by atoms with Crippen molar-refractivity contribution in [3.63, 3.8) is 0 Å². The Kier molecular flexibility index (Phi) is 7.94. The number of aromatic amines is 1. The van der Waals surface area contributed by atoms with Crippen LogP contribution < -0.4 is 9.80 Å². The minimum atomic E-state index is -4.36. The first-order valence-corrected chi connectivity index (χ1v) is 12.9. The largest absolute Gasteiger partial charge is 0.406 e. The van der Waals surface area contributed by atoms with Gasteiger partial charge in [0.25, 0.3) is 0 Å². The van der Waals surface area contributed by atoms with Crippen molar-refractivity contribution in [2.24, 2.45) is 0 Å². The molecule has 0 saturated carbocycles. The summed E-state index contributed by atoms with van der Waals surface area (Å²) in [4.78, 5) is 31.7. The highest BCUT2D eigenvalue weighted by molar-refractivity contribution is 6.29. The molecule has 210 valence electrons. The van der Waals surface area contributed by atoms with Gasteiger partial charge in [0.1, 0.15) is 12.1 Å². The number of nitrogens with zero attached hydrogens (tertiary/aromatic N) is 9. The van der Waals surface area contributed by atoms with E-state index in [1.165, 1.54) is 0 Å². The fourth-order valence-electron chi connectivity index (χ4n) is 4.50. The van der Waals surface area contributed by atoms with Gasteiger partial charge in [0.2, 0.25) is 10.6 Å². The summed E-state index contributed by atoms with van der Waals surface area (Å²) in [6.07, 6.45) is -1.65. The van der Waals surface area contributed by atoms with Gasteiger partial charge < -0.3 is 28.8 Å². The SMILES string of the molecule is C[C@H]1COCCN1c1nc(Cl)nc2c1ncn2CC(F)(F)F.C[C@H]1COCCN1c1nc(Cl)nc2nc[nH]c12. The molecule has 2 saturated heterocycles. The summed E-state index contributed by atoms with van der Waals surface area (Å²) in [5.41, 5.74) is 1.80. The second kappa shape index (κ2) is 11.2. The van der Waals surface area contributed by atoms with Crippen molar-refractivity contribution in [3.05, 3.63) is 23.2 Å². The van der Waals surface area contributed by atoms with Gasteiger partial charge in [-0.25, -0.2) is 9.97 Å². The standard InChI is InChI=1S/C12H13ClF3N5O.C10H12ClN5O/c1-7-4-22-3-2-21(7)10-8-9(18-11(13)19-10)20(6-17-8)5-12(14,15)16;1-6-4-17-3-2-16(6)9-7-8(13-5-12-7)14-10(11)15-9/h6-7H,2-5H2,1H3;5-6H,2-4H2,1H3,(H,12,13,14,15)/t7-;6-/m00/s1. The molecule has 12 nitrogen and oxygen atoms in total. The van der Waals surface area contributed by atoms with Gasteiger partial charge in [-0.2, -0.15) is 33.1 Å². The van der Waals surface area contributed by atoms with Crippen molar-refractivity contribution >= 4 is 57.2 Å². The molecule has 0 unspecified atom stereocenters. The Balaban J connectivity index is 0.000000163. The van der Waals surface area contributed by atoms with E-state index >= 15 is 0 Å². The van der Waals surface area contributed by atoms with E-state index in [4.69, 9.17) is 32.7 Å².